The van der Waals surface area contributed by atoms with Crippen LogP contribution in [-0.2, 0) is 9.22 Å². The average molecular weight is 118 g/mol. The predicted octanol–water partition coefficient (Wildman–Crippen LogP) is -1.12. The molecule has 0 atom stereocenters. The lowest BCUT2D eigenvalue weighted by Gasteiger charge is -1.80. The van der Waals surface area contributed by atoms with Crippen LogP contribution in [0.1, 0.15) is 0 Å². The fourth-order valence-electron chi connectivity index (χ4n) is 0.126. The number of hydrogen-bond acceptors (Lipinski definition) is 2. The fourth-order valence-corrected chi connectivity index (χ4v) is 0.262. The number of carboxylic acid groups (broad SMARTS) is 1. The average Bonchev–Trinajstić information content (AvgIpc) is 1.61. The SMILES string of the molecule is O=C(O)C=CO[SiH3]. The molecule has 0 aliphatic heterocycles. The van der Waals surface area contributed by atoms with Gasteiger partial charge in [-0.2, -0.15) is 0 Å². The first-order chi connectivity index (χ1) is 3.27. The minimum Gasteiger partial charge on any atom is -0.558 e. The minimum absolute atomic E-state index is 0.544. The molecule has 0 heterocycles. The molecular weight excluding hydrogens is 112 g/mol. The lowest BCUT2D eigenvalue weighted by atomic mass is 10.7. The Labute approximate surface area is 44.1 Å². The van der Waals surface area contributed by atoms with E-state index in [1.165, 1.54) is 0 Å². The highest BCUT2D eigenvalue weighted by molar-refractivity contribution is 5.98. The van der Waals surface area contributed by atoms with Gasteiger partial charge in [-0.25, -0.2) is 4.79 Å². The third kappa shape index (κ3) is 5.23. The monoisotopic (exact) mass is 118 g/mol. The molecule has 0 spiro atoms. The summed E-state index contributed by atoms with van der Waals surface area (Å²) in [4.78, 5) is 9.61. The van der Waals surface area contributed by atoms with E-state index in [1.54, 1.807) is 0 Å². The molecule has 0 unspecified atom stereocenters. The lowest BCUT2D eigenvalue weighted by Crippen LogP contribution is -1.85. The van der Waals surface area contributed by atoms with Crippen molar-refractivity contribution in [2.45, 2.75) is 0 Å². The van der Waals surface area contributed by atoms with Crippen LogP contribution in [0.4, 0.5) is 0 Å². The van der Waals surface area contributed by atoms with E-state index in [0.717, 1.165) is 12.3 Å². The van der Waals surface area contributed by atoms with Gasteiger partial charge >= 0.3 is 5.97 Å². The van der Waals surface area contributed by atoms with Gasteiger partial charge in [-0.3, -0.25) is 0 Å². The van der Waals surface area contributed by atoms with E-state index in [2.05, 4.69) is 4.43 Å². The van der Waals surface area contributed by atoms with Gasteiger partial charge in [0.25, 0.3) is 0 Å². The van der Waals surface area contributed by atoms with Crippen molar-refractivity contribution >= 4 is 16.5 Å². The summed E-state index contributed by atoms with van der Waals surface area (Å²) in [6.07, 6.45) is 2.11. The Kier molecular flexibility index (Phi) is 3.04. The summed E-state index contributed by atoms with van der Waals surface area (Å²) in [6.45, 7) is 0. The molecule has 40 valence electrons. The molecule has 1 N–H and O–H groups in total. The van der Waals surface area contributed by atoms with Gasteiger partial charge in [-0.1, -0.05) is 0 Å². The minimum atomic E-state index is -0.976. The quantitative estimate of drug-likeness (QED) is 0.284. The van der Waals surface area contributed by atoms with Gasteiger partial charge in [0.15, 0.2) is 0 Å². The Morgan fingerprint density at radius 1 is 1.86 bits per heavy atom. The summed E-state index contributed by atoms with van der Waals surface area (Å²) >= 11 is 0. The zero-order chi connectivity index (χ0) is 5.70. The molecule has 0 aliphatic carbocycles. The maximum atomic E-state index is 9.61. The second-order valence-corrected chi connectivity index (χ2v) is 1.35. The van der Waals surface area contributed by atoms with Crippen LogP contribution in [0, 0.1) is 0 Å². The highest BCUT2D eigenvalue weighted by Gasteiger charge is 1.79. The second kappa shape index (κ2) is 3.42. The molecule has 3 nitrogen and oxygen atoms in total. The highest BCUT2D eigenvalue weighted by atomic mass is 28.2. The molecule has 0 fully saturated rings. The van der Waals surface area contributed by atoms with Crippen molar-refractivity contribution < 1.29 is 14.3 Å². The van der Waals surface area contributed by atoms with Gasteiger partial charge in [0.2, 0.25) is 10.5 Å². The molecule has 4 heteroatoms. The predicted molar refractivity (Wildman–Crippen MR) is 27.8 cm³/mol. The lowest BCUT2D eigenvalue weighted by molar-refractivity contribution is -0.131. The maximum Gasteiger partial charge on any atom is 0.331 e. The normalized spacial score (nSPS) is 9.71. The first kappa shape index (κ1) is 6.23. The molecule has 0 aromatic heterocycles. The Hall–Kier alpha value is -0.773. The summed E-state index contributed by atoms with van der Waals surface area (Å²) in [5, 5.41) is 7.89. The molecule has 0 aromatic rings. The molecule has 0 radical (unpaired) electrons. The van der Waals surface area contributed by atoms with E-state index >= 15 is 0 Å². The molecule has 0 saturated heterocycles. The van der Waals surface area contributed by atoms with E-state index in [-0.39, 0.29) is 0 Å². The largest absolute Gasteiger partial charge is 0.558 e. The van der Waals surface area contributed by atoms with Crippen molar-refractivity contribution in [3.8, 4) is 0 Å². The molecule has 7 heavy (non-hydrogen) atoms. The van der Waals surface area contributed by atoms with Crippen molar-refractivity contribution in [3.63, 3.8) is 0 Å². The summed E-state index contributed by atoms with van der Waals surface area (Å²) < 4.78 is 4.43. The van der Waals surface area contributed by atoms with Crippen LogP contribution in [0.15, 0.2) is 12.3 Å². The van der Waals surface area contributed by atoms with Crippen LogP contribution >= 0.6 is 0 Å². The van der Waals surface area contributed by atoms with Crippen molar-refractivity contribution in [1.29, 1.82) is 0 Å². The topological polar surface area (TPSA) is 46.5 Å². The third-order valence-electron chi connectivity index (χ3n) is 0.347. The Bertz CT molecular complexity index is 88.2. The van der Waals surface area contributed by atoms with Gasteiger partial charge in [-0.05, 0) is 0 Å². The molecule has 0 rings (SSSR count). The van der Waals surface area contributed by atoms with Gasteiger partial charge in [0.05, 0.1) is 12.3 Å². The third-order valence-corrected chi connectivity index (χ3v) is 0.619. The van der Waals surface area contributed by atoms with Gasteiger partial charge in [0.1, 0.15) is 0 Å². The van der Waals surface area contributed by atoms with Gasteiger partial charge < -0.3 is 9.53 Å². The van der Waals surface area contributed by atoms with Gasteiger partial charge in [-0.15, -0.1) is 0 Å². The van der Waals surface area contributed by atoms with E-state index in [4.69, 9.17) is 5.11 Å². The molecule has 0 amide bonds. The van der Waals surface area contributed by atoms with Crippen LogP contribution in [0.2, 0.25) is 0 Å². The molecule has 0 bridgehead atoms. The number of hydrogen-bond donors (Lipinski definition) is 1. The zero-order valence-electron chi connectivity index (χ0n) is 3.92. The smallest absolute Gasteiger partial charge is 0.331 e. The Morgan fingerprint density at radius 3 is 2.57 bits per heavy atom. The van der Waals surface area contributed by atoms with Gasteiger partial charge in [0, 0.05) is 0 Å². The zero-order valence-corrected chi connectivity index (χ0v) is 5.92. The number of aliphatic carboxylic acids is 1. The Morgan fingerprint density at radius 2 is 2.43 bits per heavy atom. The Balaban J connectivity index is 3.26. The summed E-state index contributed by atoms with van der Waals surface area (Å²) in [7, 11) is 0.544. The van der Waals surface area contributed by atoms with E-state index in [0.29, 0.717) is 10.5 Å². The standard InChI is InChI=1S/C3H6O3Si/c4-3(5)1-2-6-7/h1-2H,7H3,(H,4,5). The van der Waals surface area contributed by atoms with Crippen molar-refractivity contribution in [2.24, 2.45) is 0 Å². The highest BCUT2D eigenvalue weighted by Crippen LogP contribution is 1.68. The van der Waals surface area contributed by atoms with Crippen molar-refractivity contribution in [3.05, 3.63) is 12.3 Å². The number of carbonyl (C=O) groups is 1. The summed E-state index contributed by atoms with van der Waals surface area (Å²) in [5.74, 6) is -0.976. The number of rotatable bonds is 2. The van der Waals surface area contributed by atoms with Crippen LogP contribution in [0.5, 0.6) is 0 Å². The van der Waals surface area contributed by atoms with E-state index < -0.39 is 5.97 Å². The summed E-state index contributed by atoms with van der Waals surface area (Å²) in [5.41, 5.74) is 0. The first-order valence-corrected chi connectivity index (χ1v) is 2.51. The molecular formula is C3H6O3Si. The van der Waals surface area contributed by atoms with Crippen LogP contribution in [0.25, 0.3) is 0 Å². The van der Waals surface area contributed by atoms with Crippen molar-refractivity contribution in [1.82, 2.24) is 0 Å². The van der Waals surface area contributed by atoms with E-state index in [9.17, 15) is 4.79 Å². The molecule has 0 aliphatic rings. The number of carboxylic acids is 1. The van der Waals surface area contributed by atoms with Crippen LogP contribution in [0.3, 0.4) is 0 Å². The summed E-state index contributed by atoms with van der Waals surface area (Å²) in [6, 6.07) is 0. The van der Waals surface area contributed by atoms with Crippen molar-refractivity contribution in [2.75, 3.05) is 0 Å². The van der Waals surface area contributed by atoms with Crippen LogP contribution < -0.4 is 0 Å². The van der Waals surface area contributed by atoms with Crippen LogP contribution in [-0.4, -0.2) is 21.6 Å². The first-order valence-electron chi connectivity index (χ1n) is 1.69. The van der Waals surface area contributed by atoms with E-state index in [1.807, 2.05) is 0 Å². The molecule has 0 saturated carbocycles. The fraction of sp³-hybridized carbons (Fsp3) is 0. The second-order valence-electron chi connectivity index (χ2n) is 0.877. The maximum absolute atomic E-state index is 9.61. The molecule has 0 aromatic carbocycles.